The predicted molar refractivity (Wildman–Crippen MR) is 85.7 cm³/mol. The Kier molecular flexibility index (Phi) is 3.67. The molecular weight excluding hydrogens is 276 g/mol. The van der Waals surface area contributed by atoms with Gasteiger partial charge < -0.3 is 9.80 Å². The number of amides is 2. The fraction of sp³-hybridized carbons (Fsp3) is 0.222. The van der Waals surface area contributed by atoms with Crippen LogP contribution in [0.4, 0.5) is 5.69 Å². The standard InChI is InChI=1S/C18H18N2O2/c1-13(14-8-4-3-5-9-14)20-12-17(21)19(2)16-11-7-6-10-15(16)18(20)22/h3-11,13H,12H2,1-2H3/t13-/m0/s1. The van der Waals surface area contributed by atoms with Crippen molar-refractivity contribution in [3.63, 3.8) is 0 Å². The number of nitrogens with zero attached hydrogens (tertiary/aromatic N) is 2. The second kappa shape index (κ2) is 5.64. The Labute approximate surface area is 130 Å². The first kappa shape index (κ1) is 14.3. The van der Waals surface area contributed by atoms with Gasteiger partial charge in [0, 0.05) is 7.05 Å². The van der Waals surface area contributed by atoms with Crippen LogP contribution in [-0.2, 0) is 4.79 Å². The maximum absolute atomic E-state index is 12.9. The Morgan fingerprint density at radius 2 is 1.59 bits per heavy atom. The van der Waals surface area contributed by atoms with Gasteiger partial charge in [-0.15, -0.1) is 0 Å². The number of carbonyl (C=O) groups is 2. The van der Waals surface area contributed by atoms with Crippen molar-refractivity contribution in [2.75, 3.05) is 18.5 Å². The Bertz CT molecular complexity index is 712. The fourth-order valence-electron chi connectivity index (χ4n) is 2.78. The summed E-state index contributed by atoms with van der Waals surface area (Å²) in [5.74, 6) is -0.189. The molecule has 2 amide bonds. The minimum atomic E-state index is -0.155. The molecule has 0 bridgehead atoms. The number of likely N-dealkylation sites (N-methyl/N-ethyl adjacent to an activating group) is 1. The average Bonchev–Trinajstić information content (AvgIpc) is 2.66. The second-order valence-corrected chi connectivity index (χ2v) is 5.49. The van der Waals surface area contributed by atoms with Crippen molar-refractivity contribution in [2.45, 2.75) is 13.0 Å². The van der Waals surface area contributed by atoms with Gasteiger partial charge in [0.05, 0.1) is 17.3 Å². The van der Waals surface area contributed by atoms with Crippen LogP contribution in [0.2, 0.25) is 0 Å². The van der Waals surface area contributed by atoms with E-state index in [0.29, 0.717) is 11.3 Å². The highest BCUT2D eigenvalue weighted by atomic mass is 16.2. The lowest BCUT2D eigenvalue weighted by atomic mass is 10.1. The molecule has 0 saturated heterocycles. The Hall–Kier alpha value is -2.62. The lowest BCUT2D eigenvalue weighted by Gasteiger charge is -2.27. The van der Waals surface area contributed by atoms with Crippen molar-refractivity contribution in [1.82, 2.24) is 4.90 Å². The molecule has 1 heterocycles. The first-order valence-corrected chi connectivity index (χ1v) is 7.31. The van der Waals surface area contributed by atoms with E-state index < -0.39 is 0 Å². The Morgan fingerprint density at radius 3 is 2.32 bits per heavy atom. The summed E-state index contributed by atoms with van der Waals surface area (Å²) >= 11 is 0. The van der Waals surface area contributed by atoms with E-state index in [1.807, 2.05) is 55.5 Å². The van der Waals surface area contributed by atoms with Crippen LogP contribution in [0.5, 0.6) is 0 Å². The minimum absolute atomic E-state index is 0.0823. The van der Waals surface area contributed by atoms with Gasteiger partial charge in [-0.05, 0) is 24.6 Å². The predicted octanol–water partition coefficient (Wildman–Crippen LogP) is 2.87. The van der Waals surface area contributed by atoms with Crippen LogP contribution in [0.3, 0.4) is 0 Å². The van der Waals surface area contributed by atoms with Crippen LogP contribution >= 0.6 is 0 Å². The third kappa shape index (κ3) is 2.37. The van der Waals surface area contributed by atoms with E-state index in [9.17, 15) is 9.59 Å². The van der Waals surface area contributed by atoms with Crippen LogP contribution in [0, 0.1) is 0 Å². The van der Waals surface area contributed by atoms with Crippen LogP contribution in [-0.4, -0.2) is 30.3 Å². The summed E-state index contributed by atoms with van der Waals surface area (Å²) < 4.78 is 0. The quantitative estimate of drug-likeness (QED) is 0.854. The SMILES string of the molecule is C[C@@H](c1ccccc1)N1CC(=O)N(C)c2ccccc2C1=O. The molecule has 112 valence electrons. The van der Waals surface area contributed by atoms with E-state index in [2.05, 4.69) is 0 Å². The number of anilines is 1. The Balaban J connectivity index is 2.03. The third-order valence-corrected chi connectivity index (χ3v) is 4.19. The van der Waals surface area contributed by atoms with E-state index in [1.165, 1.54) is 0 Å². The van der Waals surface area contributed by atoms with Crippen LogP contribution in [0.15, 0.2) is 54.6 Å². The van der Waals surface area contributed by atoms with Crippen molar-refractivity contribution in [2.24, 2.45) is 0 Å². The van der Waals surface area contributed by atoms with E-state index in [-0.39, 0.29) is 24.4 Å². The monoisotopic (exact) mass is 294 g/mol. The maximum Gasteiger partial charge on any atom is 0.256 e. The number of hydrogen-bond donors (Lipinski definition) is 0. The lowest BCUT2D eigenvalue weighted by molar-refractivity contribution is -0.119. The van der Waals surface area contributed by atoms with E-state index in [4.69, 9.17) is 0 Å². The molecule has 0 aromatic heterocycles. The number of fused-ring (bicyclic) bond motifs is 1. The van der Waals surface area contributed by atoms with Gasteiger partial charge in [-0.2, -0.15) is 0 Å². The molecule has 3 rings (SSSR count). The highest BCUT2D eigenvalue weighted by molar-refractivity contribution is 6.09. The number of para-hydroxylation sites is 1. The number of rotatable bonds is 2. The minimum Gasteiger partial charge on any atom is -0.322 e. The van der Waals surface area contributed by atoms with Crippen molar-refractivity contribution >= 4 is 17.5 Å². The smallest absolute Gasteiger partial charge is 0.256 e. The summed E-state index contributed by atoms with van der Waals surface area (Å²) in [4.78, 5) is 28.5. The summed E-state index contributed by atoms with van der Waals surface area (Å²) in [7, 11) is 1.71. The third-order valence-electron chi connectivity index (χ3n) is 4.19. The van der Waals surface area contributed by atoms with Gasteiger partial charge in [0.2, 0.25) is 5.91 Å². The zero-order valence-corrected chi connectivity index (χ0v) is 12.7. The highest BCUT2D eigenvalue weighted by Gasteiger charge is 2.32. The van der Waals surface area contributed by atoms with E-state index in [1.54, 1.807) is 22.9 Å². The molecule has 2 aromatic carbocycles. The van der Waals surface area contributed by atoms with Crippen LogP contribution in [0.1, 0.15) is 28.9 Å². The molecule has 4 heteroatoms. The molecular formula is C18H18N2O2. The molecule has 0 fully saturated rings. The average molecular weight is 294 g/mol. The number of benzene rings is 2. The zero-order chi connectivity index (χ0) is 15.7. The molecule has 1 atom stereocenters. The molecule has 0 saturated carbocycles. The first-order valence-electron chi connectivity index (χ1n) is 7.31. The van der Waals surface area contributed by atoms with Crippen molar-refractivity contribution < 1.29 is 9.59 Å². The van der Waals surface area contributed by atoms with Crippen LogP contribution in [0.25, 0.3) is 0 Å². The maximum atomic E-state index is 12.9. The summed E-state index contributed by atoms with van der Waals surface area (Å²) in [6.45, 7) is 2.04. The van der Waals surface area contributed by atoms with Crippen LogP contribution < -0.4 is 4.90 Å². The molecule has 0 spiro atoms. The van der Waals surface area contributed by atoms with Gasteiger partial charge in [-0.1, -0.05) is 42.5 Å². The van der Waals surface area contributed by atoms with Crippen molar-refractivity contribution in [3.05, 3.63) is 65.7 Å². The molecule has 1 aliphatic heterocycles. The highest BCUT2D eigenvalue weighted by Crippen LogP contribution is 2.29. The van der Waals surface area contributed by atoms with Gasteiger partial charge in [0.15, 0.2) is 0 Å². The zero-order valence-electron chi connectivity index (χ0n) is 12.7. The van der Waals surface area contributed by atoms with E-state index >= 15 is 0 Å². The summed E-state index contributed by atoms with van der Waals surface area (Å²) in [6, 6.07) is 16.9. The molecule has 1 aliphatic rings. The number of carbonyl (C=O) groups excluding carboxylic acids is 2. The molecule has 2 aromatic rings. The molecule has 0 aliphatic carbocycles. The summed E-state index contributed by atoms with van der Waals surface area (Å²) in [5, 5.41) is 0. The lowest BCUT2D eigenvalue weighted by Crippen LogP contribution is -2.39. The van der Waals surface area contributed by atoms with Gasteiger partial charge >= 0.3 is 0 Å². The topological polar surface area (TPSA) is 40.6 Å². The van der Waals surface area contributed by atoms with Gasteiger partial charge in [0.1, 0.15) is 6.54 Å². The van der Waals surface area contributed by atoms with Gasteiger partial charge in [0.25, 0.3) is 5.91 Å². The summed E-state index contributed by atoms with van der Waals surface area (Å²) in [6.07, 6.45) is 0. The Morgan fingerprint density at radius 1 is 0.955 bits per heavy atom. The van der Waals surface area contributed by atoms with Gasteiger partial charge in [-0.25, -0.2) is 0 Å². The summed E-state index contributed by atoms with van der Waals surface area (Å²) in [5.41, 5.74) is 2.25. The largest absolute Gasteiger partial charge is 0.322 e. The molecule has 22 heavy (non-hydrogen) atoms. The van der Waals surface area contributed by atoms with E-state index in [0.717, 1.165) is 5.56 Å². The molecule has 4 nitrogen and oxygen atoms in total. The van der Waals surface area contributed by atoms with Crippen molar-refractivity contribution in [3.8, 4) is 0 Å². The molecule has 0 unspecified atom stereocenters. The normalized spacial score (nSPS) is 16.3. The van der Waals surface area contributed by atoms with Crippen molar-refractivity contribution in [1.29, 1.82) is 0 Å². The molecule has 0 N–H and O–H groups in total. The molecule has 0 radical (unpaired) electrons. The second-order valence-electron chi connectivity index (χ2n) is 5.49. The van der Waals surface area contributed by atoms with Gasteiger partial charge in [-0.3, -0.25) is 9.59 Å². The fourth-order valence-corrected chi connectivity index (χ4v) is 2.78. The number of hydrogen-bond acceptors (Lipinski definition) is 2. The first-order chi connectivity index (χ1) is 10.6.